The second-order valence-electron chi connectivity index (χ2n) is 8.85. The summed E-state index contributed by atoms with van der Waals surface area (Å²) in [6, 6.07) is 0. The lowest BCUT2D eigenvalue weighted by molar-refractivity contribution is -0.141. The number of carbonyl (C=O) groups is 2. The largest absolute Gasteiger partial charge is 0.348 e. The van der Waals surface area contributed by atoms with Crippen LogP contribution in [0.15, 0.2) is 18.6 Å². The zero-order valence-corrected chi connectivity index (χ0v) is 16.5. The second-order valence-corrected chi connectivity index (χ2v) is 8.85. The minimum Gasteiger partial charge on any atom is -0.348 e. The van der Waals surface area contributed by atoms with Crippen molar-refractivity contribution in [3.8, 4) is 0 Å². The predicted octanol–water partition coefficient (Wildman–Crippen LogP) is 1.13. The van der Waals surface area contributed by atoms with Crippen molar-refractivity contribution >= 4 is 11.8 Å². The maximum atomic E-state index is 13.1. The zero-order chi connectivity index (χ0) is 19.2. The van der Waals surface area contributed by atoms with Crippen molar-refractivity contribution < 1.29 is 9.59 Å². The van der Waals surface area contributed by atoms with Crippen LogP contribution in [0.25, 0.3) is 0 Å². The van der Waals surface area contributed by atoms with Crippen LogP contribution in [-0.2, 0) is 4.79 Å². The average Bonchev–Trinajstić information content (AvgIpc) is 3.17. The highest BCUT2D eigenvalue weighted by atomic mass is 16.2. The summed E-state index contributed by atoms with van der Waals surface area (Å²) in [6.45, 7) is 3.32. The van der Waals surface area contributed by atoms with Crippen molar-refractivity contribution in [2.45, 2.75) is 25.7 Å². The summed E-state index contributed by atoms with van der Waals surface area (Å²) in [4.78, 5) is 40.0. The van der Waals surface area contributed by atoms with Gasteiger partial charge in [-0.2, -0.15) is 0 Å². The van der Waals surface area contributed by atoms with Gasteiger partial charge in [0.05, 0.1) is 11.6 Å². The summed E-state index contributed by atoms with van der Waals surface area (Å²) in [6.07, 6.45) is 8.69. The van der Waals surface area contributed by atoms with Crippen molar-refractivity contribution in [3.05, 3.63) is 24.3 Å². The molecule has 0 N–H and O–H groups in total. The molecule has 1 spiro atoms. The number of piperidine rings is 1. The highest BCUT2D eigenvalue weighted by molar-refractivity contribution is 5.92. The van der Waals surface area contributed by atoms with Gasteiger partial charge >= 0.3 is 0 Å². The van der Waals surface area contributed by atoms with E-state index in [2.05, 4.69) is 21.9 Å². The Morgan fingerprint density at radius 1 is 1.15 bits per heavy atom. The van der Waals surface area contributed by atoms with Crippen molar-refractivity contribution in [1.29, 1.82) is 0 Å². The van der Waals surface area contributed by atoms with E-state index in [4.69, 9.17) is 0 Å². The van der Waals surface area contributed by atoms with Crippen molar-refractivity contribution in [2.75, 3.05) is 47.3 Å². The number of fused-ring (bicyclic) bond motifs is 2. The first kappa shape index (κ1) is 18.3. The third-order valence-corrected chi connectivity index (χ3v) is 7.18. The summed E-state index contributed by atoms with van der Waals surface area (Å²) < 4.78 is 0. The average molecular weight is 371 g/mol. The molecular weight excluding hydrogens is 342 g/mol. The summed E-state index contributed by atoms with van der Waals surface area (Å²) in [5, 5.41) is 0. The zero-order valence-electron chi connectivity index (χ0n) is 16.5. The van der Waals surface area contributed by atoms with Crippen LogP contribution in [0, 0.1) is 16.7 Å². The highest BCUT2D eigenvalue weighted by Crippen LogP contribution is 2.62. The van der Waals surface area contributed by atoms with E-state index in [9.17, 15) is 9.59 Å². The minimum atomic E-state index is -0.241. The molecule has 146 valence electrons. The maximum absolute atomic E-state index is 13.1. The number of nitrogens with zero attached hydrogens (tertiary/aromatic N) is 5. The van der Waals surface area contributed by atoms with Gasteiger partial charge in [0.15, 0.2) is 0 Å². The molecule has 2 atom stereocenters. The Bertz CT molecular complexity index is 729. The van der Waals surface area contributed by atoms with E-state index < -0.39 is 0 Å². The van der Waals surface area contributed by atoms with Crippen LogP contribution in [0.3, 0.4) is 0 Å². The molecule has 2 aliphatic heterocycles. The molecule has 1 aliphatic carbocycles. The molecule has 0 unspecified atom stereocenters. The van der Waals surface area contributed by atoms with E-state index in [1.54, 1.807) is 17.3 Å². The molecule has 1 aromatic rings. The number of rotatable bonds is 2. The SMILES string of the molecule is CN1C[C@@H]2C3(CCN(C(=O)c4cnccn4)CC3)CC[C@]2(C(=O)N(C)C)C1. The monoisotopic (exact) mass is 371 g/mol. The Morgan fingerprint density at radius 2 is 1.89 bits per heavy atom. The van der Waals surface area contributed by atoms with Gasteiger partial charge in [0, 0.05) is 52.7 Å². The van der Waals surface area contributed by atoms with Gasteiger partial charge in [0.25, 0.3) is 5.91 Å². The van der Waals surface area contributed by atoms with E-state index in [1.165, 1.54) is 6.20 Å². The molecule has 0 bridgehead atoms. The van der Waals surface area contributed by atoms with E-state index in [0.717, 1.165) is 51.9 Å². The quantitative estimate of drug-likeness (QED) is 0.779. The van der Waals surface area contributed by atoms with Crippen molar-refractivity contribution in [1.82, 2.24) is 24.7 Å². The molecule has 2 saturated heterocycles. The number of hydrogen-bond acceptors (Lipinski definition) is 5. The summed E-state index contributed by atoms with van der Waals surface area (Å²) >= 11 is 0. The van der Waals surface area contributed by atoms with Crippen LogP contribution in [-0.4, -0.2) is 83.8 Å². The van der Waals surface area contributed by atoms with Crippen LogP contribution < -0.4 is 0 Å². The Morgan fingerprint density at radius 3 is 2.52 bits per heavy atom. The molecule has 0 aromatic carbocycles. The Balaban J connectivity index is 1.51. The van der Waals surface area contributed by atoms with Crippen LogP contribution in [0.2, 0.25) is 0 Å². The van der Waals surface area contributed by atoms with Gasteiger partial charge in [-0.1, -0.05) is 0 Å². The van der Waals surface area contributed by atoms with Crippen LogP contribution in [0.4, 0.5) is 0 Å². The smallest absolute Gasteiger partial charge is 0.274 e. The Labute approximate surface area is 160 Å². The maximum Gasteiger partial charge on any atom is 0.274 e. The fraction of sp³-hybridized carbons (Fsp3) is 0.700. The normalized spacial score (nSPS) is 29.7. The van der Waals surface area contributed by atoms with Gasteiger partial charge in [0.2, 0.25) is 5.91 Å². The minimum absolute atomic E-state index is 0.0323. The summed E-state index contributed by atoms with van der Waals surface area (Å²) in [5.74, 6) is 0.639. The number of amides is 2. The lowest BCUT2D eigenvalue weighted by Crippen LogP contribution is -2.49. The molecule has 2 amide bonds. The molecule has 3 heterocycles. The van der Waals surface area contributed by atoms with Crippen LogP contribution >= 0.6 is 0 Å². The summed E-state index contributed by atoms with van der Waals surface area (Å²) in [5.41, 5.74) is 0.350. The van der Waals surface area contributed by atoms with E-state index in [-0.39, 0.29) is 22.6 Å². The Kier molecular flexibility index (Phi) is 4.45. The number of carbonyl (C=O) groups excluding carboxylic acids is 2. The molecule has 7 nitrogen and oxygen atoms in total. The molecular formula is C20H29N5O2. The number of likely N-dealkylation sites (tertiary alicyclic amines) is 2. The number of hydrogen-bond donors (Lipinski definition) is 0. The Hall–Kier alpha value is -2.02. The van der Waals surface area contributed by atoms with Gasteiger partial charge in [0.1, 0.15) is 5.69 Å². The molecule has 0 radical (unpaired) electrons. The standard InChI is InChI=1S/C20H29N5O2/c1-23(2)18(27)20-5-4-19(16(20)13-24(3)14-20)6-10-25(11-7-19)17(26)15-12-21-8-9-22-15/h8-9,12,16H,4-7,10-11,13-14H2,1-3H3/t16-,20+/m1/s1. The molecule has 3 aliphatic rings. The predicted molar refractivity (Wildman–Crippen MR) is 101 cm³/mol. The van der Waals surface area contributed by atoms with Gasteiger partial charge in [-0.05, 0) is 44.1 Å². The highest BCUT2D eigenvalue weighted by Gasteiger charge is 2.64. The molecule has 1 aromatic heterocycles. The molecule has 4 rings (SSSR count). The van der Waals surface area contributed by atoms with Crippen LogP contribution in [0.5, 0.6) is 0 Å². The van der Waals surface area contributed by atoms with Gasteiger partial charge < -0.3 is 14.7 Å². The van der Waals surface area contributed by atoms with E-state index in [1.807, 2.05) is 19.0 Å². The fourth-order valence-corrected chi connectivity index (χ4v) is 5.92. The van der Waals surface area contributed by atoms with E-state index >= 15 is 0 Å². The van der Waals surface area contributed by atoms with Crippen LogP contribution in [0.1, 0.15) is 36.2 Å². The first-order chi connectivity index (χ1) is 12.9. The topological polar surface area (TPSA) is 69.6 Å². The van der Waals surface area contributed by atoms with Gasteiger partial charge in [-0.15, -0.1) is 0 Å². The third kappa shape index (κ3) is 2.83. The van der Waals surface area contributed by atoms with Gasteiger partial charge in [-0.3, -0.25) is 14.6 Å². The molecule has 27 heavy (non-hydrogen) atoms. The fourth-order valence-electron chi connectivity index (χ4n) is 5.92. The molecule has 3 fully saturated rings. The second kappa shape index (κ2) is 6.55. The van der Waals surface area contributed by atoms with E-state index in [0.29, 0.717) is 11.6 Å². The first-order valence-electron chi connectivity index (χ1n) is 9.84. The molecule has 7 heteroatoms. The van der Waals surface area contributed by atoms with Crippen molar-refractivity contribution in [3.63, 3.8) is 0 Å². The van der Waals surface area contributed by atoms with Crippen molar-refractivity contribution in [2.24, 2.45) is 16.7 Å². The summed E-state index contributed by atoms with van der Waals surface area (Å²) in [7, 11) is 5.88. The van der Waals surface area contributed by atoms with Gasteiger partial charge in [-0.25, -0.2) is 4.98 Å². The molecule has 1 saturated carbocycles. The first-order valence-corrected chi connectivity index (χ1v) is 9.84. The lowest BCUT2D eigenvalue weighted by atomic mass is 9.65. The number of aromatic nitrogens is 2. The third-order valence-electron chi connectivity index (χ3n) is 7.18. The lowest BCUT2D eigenvalue weighted by Gasteiger charge is -2.44.